The molecule has 10 heteroatoms. The van der Waals surface area contributed by atoms with Crippen molar-refractivity contribution in [3.63, 3.8) is 0 Å². The third kappa shape index (κ3) is 4.01. The van der Waals surface area contributed by atoms with E-state index in [0.717, 1.165) is 11.3 Å². The van der Waals surface area contributed by atoms with Crippen molar-refractivity contribution in [1.82, 2.24) is 0 Å². The average Bonchev–Trinajstić information content (AvgIpc) is 2.97. The molecular formula is C18H15Cl2O5PS2. The summed E-state index contributed by atoms with van der Waals surface area (Å²) in [5.74, 6) is 1.11. The van der Waals surface area contributed by atoms with Crippen molar-refractivity contribution in [2.24, 2.45) is 0 Å². The lowest BCUT2D eigenvalue weighted by molar-refractivity contribution is 0.417. The van der Waals surface area contributed by atoms with E-state index < -0.39 is 18.0 Å². The molecule has 0 unspecified atom stereocenters. The average molecular weight is 477 g/mol. The largest absolute Gasteiger partial charge is 0.496 e. The molecule has 0 atom stereocenters. The molecule has 1 heterocycles. The second-order valence-electron chi connectivity index (χ2n) is 5.48. The van der Waals surface area contributed by atoms with E-state index in [4.69, 9.17) is 32.7 Å². The summed E-state index contributed by atoms with van der Waals surface area (Å²) in [6, 6.07) is 14.5. The molecule has 1 N–H and O–H groups in total. The molecule has 2 aromatic carbocycles. The Balaban J connectivity index is 2.44. The van der Waals surface area contributed by atoms with Gasteiger partial charge in [-0.15, -0.1) is 11.3 Å². The molecule has 0 aliphatic carbocycles. The zero-order chi connectivity index (χ0) is 20.5. The van der Waals surface area contributed by atoms with Gasteiger partial charge in [0.05, 0.1) is 14.2 Å². The van der Waals surface area contributed by atoms with Crippen LogP contribution in [0.3, 0.4) is 0 Å². The molecule has 0 amide bonds. The Morgan fingerprint density at radius 1 is 0.893 bits per heavy atom. The molecule has 0 aliphatic rings. The molecule has 0 radical (unpaired) electrons. The second-order valence-corrected chi connectivity index (χ2v) is 11.1. The van der Waals surface area contributed by atoms with Gasteiger partial charge in [-0.05, 0) is 20.1 Å². The van der Waals surface area contributed by atoms with Gasteiger partial charge in [0.2, 0.25) is 0 Å². The maximum absolute atomic E-state index is 12.1. The third-order valence-corrected chi connectivity index (χ3v) is 9.70. The fraction of sp³-hybridized carbons (Fsp3) is 0.111. The number of hydrogen-bond acceptors (Lipinski definition) is 5. The summed E-state index contributed by atoms with van der Waals surface area (Å²) >= 11 is 13.5. The number of para-hydroxylation sites is 2. The maximum Gasteiger partial charge on any atom is 0.297 e. The Bertz CT molecular complexity index is 1070. The third-order valence-electron chi connectivity index (χ3n) is 3.89. The summed E-state index contributed by atoms with van der Waals surface area (Å²) in [4.78, 5) is -0.382. The van der Waals surface area contributed by atoms with Crippen LogP contribution in [0.15, 0.2) is 53.4 Å². The molecule has 0 fully saturated rings. The quantitative estimate of drug-likeness (QED) is 0.428. The lowest BCUT2D eigenvalue weighted by atomic mass is 10.3. The van der Waals surface area contributed by atoms with Crippen LogP contribution in [0, 0.1) is 0 Å². The van der Waals surface area contributed by atoms with Crippen LogP contribution in [-0.4, -0.2) is 27.2 Å². The van der Waals surface area contributed by atoms with Gasteiger partial charge in [-0.1, -0.05) is 59.6 Å². The lowest BCUT2D eigenvalue weighted by Gasteiger charge is -2.23. The summed E-state index contributed by atoms with van der Waals surface area (Å²) in [7, 11) is -3.14. The van der Waals surface area contributed by atoms with Crippen molar-refractivity contribution in [3.8, 4) is 11.5 Å². The van der Waals surface area contributed by atoms with Gasteiger partial charge in [-0.25, -0.2) is 0 Å². The smallest absolute Gasteiger partial charge is 0.297 e. The van der Waals surface area contributed by atoms with Crippen molar-refractivity contribution < 1.29 is 22.4 Å². The van der Waals surface area contributed by atoms with Crippen LogP contribution in [0.25, 0.3) is 0 Å². The summed E-state index contributed by atoms with van der Waals surface area (Å²) in [5, 5.41) is 1.67. The molecule has 0 saturated carbocycles. The Hall–Kier alpha value is -1.34. The van der Waals surface area contributed by atoms with Crippen LogP contribution in [0.4, 0.5) is 0 Å². The number of hydrogen-bond donors (Lipinski definition) is 1. The monoisotopic (exact) mass is 476 g/mol. The van der Waals surface area contributed by atoms with Gasteiger partial charge in [0, 0.05) is 15.9 Å². The predicted octanol–water partition coefficient (Wildman–Crippen LogP) is 4.08. The zero-order valence-electron chi connectivity index (χ0n) is 14.7. The van der Waals surface area contributed by atoms with Crippen LogP contribution < -0.4 is 25.4 Å². The Kier molecular flexibility index (Phi) is 6.54. The molecule has 3 rings (SSSR count). The van der Waals surface area contributed by atoms with Crippen molar-refractivity contribution in [3.05, 3.63) is 57.2 Å². The van der Waals surface area contributed by atoms with Gasteiger partial charge in [0.25, 0.3) is 10.1 Å². The Morgan fingerprint density at radius 2 is 1.36 bits per heavy atom. The second kappa shape index (κ2) is 8.57. The summed E-state index contributed by atoms with van der Waals surface area (Å²) in [6.45, 7) is 0. The minimum atomic E-state index is -4.61. The van der Waals surface area contributed by atoms with Crippen molar-refractivity contribution in [2.75, 3.05) is 14.2 Å². The molecule has 0 saturated heterocycles. The molecule has 0 spiro atoms. The van der Waals surface area contributed by atoms with Crippen LogP contribution in [0.5, 0.6) is 11.5 Å². The van der Waals surface area contributed by atoms with Gasteiger partial charge < -0.3 is 9.47 Å². The van der Waals surface area contributed by atoms with Crippen molar-refractivity contribution in [1.29, 1.82) is 0 Å². The van der Waals surface area contributed by atoms with E-state index in [0.29, 0.717) is 22.1 Å². The fourth-order valence-corrected chi connectivity index (χ4v) is 9.39. The Labute approximate surface area is 178 Å². The molecule has 148 valence electrons. The zero-order valence-corrected chi connectivity index (χ0v) is 18.8. The van der Waals surface area contributed by atoms with Crippen LogP contribution >= 0.6 is 42.5 Å². The SMILES string of the molecule is COc1ccccc1P(c1ccccc1OC)c1c(Cl)sc(Cl)c1S(=O)(=O)O. The van der Waals surface area contributed by atoms with E-state index in [1.165, 1.54) is 14.2 Å². The molecule has 3 aromatic rings. The molecule has 1 aromatic heterocycles. The van der Waals surface area contributed by atoms with Crippen molar-refractivity contribution in [2.45, 2.75) is 4.90 Å². The van der Waals surface area contributed by atoms with Gasteiger partial charge in [-0.2, -0.15) is 8.42 Å². The standard InChI is InChI=1S/C18H15Cl2O5PS2/c1-24-11-7-3-5-9-13(11)26(14-10-6-4-8-12(14)25-2)15-16(28(21,22)23)18(20)27-17(15)19/h3-10H,1-2H3,(H,21,22,23). The number of thiophene rings is 1. The van der Waals surface area contributed by atoms with Gasteiger partial charge in [-0.3, -0.25) is 4.55 Å². The molecule has 28 heavy (non-hydrogen) atoms. The van der Waals surface area contributed by atoms with Gasteiger partial charge in [0.15, 0.2) is 0 Å². The predicted molar refractivity (Wildman–Crippen MR) is 116 cm³/mol. The first-order chi connectivity index (χ1) is 13.3. The number of benzene rings is 2. The number of halogens is 2. The first-order valence-corrected chi connectivity index (χ1v) is 12.2. The Morgan fingerprint density at radius 3 is 1.79 bits per heavy atom. The minimum Gasteiger partial charge on any atom is -0.496 e. The normalized spacial score (nSPS) is 11.6. The minimum absolute atomic E-state index is 0.0974. The number of rotatable bonds is 6. The highest BCUT2D eigenvalue weighted by atomic mass is 35.5. The van der Waals surface area contributed by atoms with Crippen LogP contribution in [-0.2, 0) is 10.1 Å². The fourth-order valence-electron chi connectivity index (χ4n) is 2.77. The lowest BCUT2D eigenvalue weighted by Crippen LogP contribution is -2.26. The molecular weight excluding hydrogens is 462 g/mol. The summed E-state index contributed by atoms with van der Waals surface area (Å²) < 4.78 is 45.2. The highest BCUT2D eigenvalue weighted by Crippen LogP contribution is 2.47. The maximum atomic E-state index is 12.1. The van der Waals surface area contributed by atoms with E-state index in [1.807, 2.05) is 36.4 Å². The molecule has 5 nitrogen and oxygen atoms in total. The number of methoxy groups -OCH3 is 2. The first kappa shape index (κ1) is 21.4. The first-order valence-electron chi connectivity index (χ1n) is 7.81. The number of ether oxygens (including phenoxy) is 2. The van der Waals surface area contributed by atoms with Crippen molar-refractivity contribution >= 4 is 68.5 Å². The van der Waals surface area contributed by atoms with Crippen LogP contribution in [0.1, 0.15) is 0 Å². The highest BCUT2D eigenvalue weighted by Gasteiger charge is 2.35. The summed E-state index contributed by atoms with van der Waals surface area (Å²) in [5.41, 5.74) is 0. The highest BCUT2D eigenvalue weighted by molar-refractivity contribution is 7.88. The van der Waals surface area contributed by atoms with Gasteiger partial charge >= 0.3 is 0 Å². The van der Waals surface area contributed by atoms with E-state index in [1.54, 1.807) is 12.1 Å². The molecule has 0 aliphatic heterocycles. The van der Waals surface area contributed by atoms with Gasteiger partial charge in [0.1, 0.15) is 25.1 Å². The molecule has 0 bridgehead atoms. The van der Waals surface area contributed by atoms with E-state index >= 15 is 0 Å². The van der Waals surface area contributed by atoms with E-state index in [-0.39, 0.29) is 18.9 Å². The summed E-state index contributed by atoms with van der Waals surface area (Å²) in [6.07, 6.45) is 0. The van der Waals surface area contributed by atoms with E-state index in [9.17, 15) is 13.0 Å². The van der Waals surface area contributed by atoms with E-state index in [2.05, 4.69) is 0 Å². The topological polar surface area (TPSA) is 72.8 Å². The van der Waals surface area contributed by atoms with Crippen LogP contribution in [0.2, 0.25) is 8.67 Å².